The predicted molar refractivity (Wildman–Crippen MR) is 45.7 cm³/mol. The van der Waals surface area contributed by atoms with E-state index in [9.17, 15) is 0 Å². The third-order valence-electron chi connectivity index (χ3n) is 1.77. The lowest BCUT2D eigenvalue weighted by atomic mass is 10.1. The molecule has 0 radical (unpaired) electrons. The van der Waals surface area contributed by atoms with Crippen molar-refractivity contribution in [1.29, 1.82) is 5.26 Å². The van der Waals surface area contributed by atoms with Gasteiger partial charge in [-0.2, -0.15) is 5.26 Å². The highest BCUT2D eigenvalue weighted by Gasteiger charge is 2.04. The second-order valence-corrected chi connectivity index (χ2v) is 2.58. The maximum Gasteiger partial charge on any atom is 0.127 e. The molecule has 0 atom stereocenters. The molecule has 0 saturated heterocycles. The van der Waals surface area contributed by atoms with Gasteiger partial charge in [-0.3, -0.25) is 0 Å². The van der Waals surface area contributed by atoms with E-state index in [4.69, 9.17) is 10.00 Å². The highest BCUT2D eigenvalue weighted by atomic mass is 16.5. The molecule has 0 N–H and O–H groups in total. The summed E-state index contributed by atoms with van der Waals surface area (Å²) >= 11 is 0. The predicted octanol–water partition coefficient (Wildman–Crippen LogP) is 1.96. The molecule has 0 fully saturated rings. The van der Waals surface area contributed by atoms with Crippen LogP contribution in [0, 0.1) is 11.3 Å². The van der Waals surface area contributed by atoms with Crippen LogP contribution in [0.4, 0.5) is 0 Å². The molecule has 0 bridgehead atoms. The van der Waals surface area contributed by atoms with Crippen LogP contribution in [-0.4, -0.2) is 6.61 Å². The maximum atomic E-state index is 8.62. The molecule has 0 amide bonds. The molecule has 0 saturated carbocycles. The molecule has 2 nitrogen and oxygen atoms in total. The van der Waals surface area contributed by atoms with Crippen LogP contribution in [0.1, 0.15) is 11.1 Å². The number of fused-ring (bicyclic) bond motifs is 1. The highest BCUT2D eigenvalue weighted by molar-refractivity contribution is 5.61. The van der Waals surface area contributed by atoms with Crippen LogP contribution in [0.3, 0.4) is 0 Å². The molecule has 1 aliphatic rings. The Morgan fingerprint density at radius 2 is 2.33 bits per heavy atom. The number of hydrogen-bond donors (Lipinski definition) is 0. The Balaban J connectivity index is 2.53. The van der Waals surface area contributed by atoms with E-state index < -0.39 is 0 Å². The lowest BCUT2D eigenvalue weighted by Crippen LogP contribution is -1.99. The second kappa shape index (κ2) is 2.71. The zero-order chi connectivity index (χ0) is 8.39. The summed E-state index contributed by atoms with van der Waals surface area (Å²) in [6, 6.07) is 7.50. The molecule has 0 aliphatic carbocycles. The molecule has 2 rings (SSSR count). The minimum Gasteiger partial charge on any atom is -0.489 e. The third-order valence-corrected chi connectivity index (χ3v) is 1.77. The lowest BCUT2D eigenvalue weighted by molar-refractivity contribution is 0.358. The van der Waals surface area contributed by atoms with Crippen molar-refractivity contribution in [2.75, 3.05) is 6.61 Å². The molecular weight excluding hydrogens is 150 g/mol. The SMILES string of the molecule is N#Cc1ccc2c(c1)C=CCO2. The molecule has 0 unspecified atom stereocenters. The summed E-state index contributed by atoms with van der Waals surface area (Å²) in [4.78, 5) is 0. The van der Waals surface area contributed by atoms with E-state index in [1.807, 2.05) is 24.3 Å². The number of nitrogens with zero attached hydrogens (tertiary/aromatic N) is 1. The van der Waals surface area contributed by atoms with Crippen LogP contribution in [0.2, 0.25) is 0 Å². The van der Waals surface area contributed by atoms with Crippen molar-refractivity contribution in [1.82, 2.24) is 0 Å². The average molecular weight is 157 g/mol. The number of benzene rings is 1. The molecule has 1 aliphatic heterocycles. The number of nitriles is 1. The van der Waals surface area contributed by atoms with Crippen molar-refractivity contribution in [3.8, 4) is 11.8 Å². The van der Waals surface area contributed by atoms with E-state index in [1.54, 1.807) is 6.07 Å². The standard InChI is InChI=1S/C10H7NO/c11-7-8-3-4-10-9(6-8)2-1-5-12-10/h1-4,6H,5H2. The molecule has 58 valence electrons. The first-order chi connectivity index (χ1) is 5.90. The summed E-state index contributed by atoms with van der Waals surface area (Å²) in [6.45, 7) is 0.624. The van der Waals surface area contributed by atoms with Crippen molar-refractivity contribution in [2.24, 2.45) is 0 Å². The summed E-state index contributed by atoms with van der Waals surface area (Å²) in [5.41, 5.74) is 1.66. The molecule has 2 heteroatoms. The van der Waals surface area contributed by atoms with Crippen LogP contribution in [0.15, 0.2) is 24.3 Å². The van der Waals surface area contributed by atoms with E-state index in [0.29, 0.717) is 12.2 Å². The Morgan fingerprint density at radius 1 is 1.42 bits per heavy atom. The summed E-state index contributed by atoms with van der Waals surface area (Å²) in [5.74, 6) is 0.858. The van der Waals surface area contributed by atoms with Gasteiger partial charge in [-0.15, -0.1) is 0 Å². The molecule has 0 spiro atoms. The van der Waals surface area contributed by atoms with Gasteiger partial charge in [0.15, 0.2) is 0 Å². The summed E-state index contributed by atoms with van der Waals surface area (Å²) < 4.78 is 5.33. The minimum absolute atomic E-state index is 0.624. The fraction of sp³-hybridized carbons (Fsp3) is 0.100. The van der Waals surface area contributed by atoms with Gasteiger partial charge in [0.25, 0.3) is 0 Å². The van der Waals surface area contributed by atoms with Gasteiger partial charge in [0.2, 0.25) is 0 Å². The second-order valence-electron chi connectivity index (χ2n) is 2.58. The maximum absolute atomic E-state index is 8.62. The topological polar surface area (TPSA) is 33.0 Å². The third kappa shape index (κ3) is 1.06. The van der Waals surface area contributed by atoms with Crippen molar-refractivity contribution in [3.63, 3.8) is 0 Å². The van der Waals surface area contributed by atoms with E-state index in [-0.39, 0.29) is 0 Å². The molecule has 1 aromatic carbocycles. The Kier molecular flexibility index (Phi) is 1.56. The van der Waals surface area contributed by atoms with Crippen molar-refractivity contribution < 1.29 is 4.74 Å². The molecule has 0 aromatic heterocycles. The number of ether oxygens (including phenoxy) is 1. The molecular formula is C10H7NO. The summed E-state index contributed by atoms with van der Waals surface area (Å²) in [6.07, 6.45) is 3.91. The number of hydrogen-bond acceptors (Lipinski definition) is 2. The van der Waals surface area contributed by atoms with Gasteiger partial charge in [0.05, 0.1) is 11.6 Å². The van der Waals surface area contributed by atoms with Crippen LogP contribution < -0.4 is 4.74 Å². The first kappa shape index (κ1) is 6.93. The molecule has 1 heterocycles. The minimum atomic E-state index is 0.624. The summed E-state index contributed by atoms with van der Waals surface area (Å²) in [7, 11) is 0. The number of rotatable bonds is 0. The van der Waals surface area contributed by atoms with Crippen molar-refractivity contribution in [2.45, 2.75) is 0 Å². The van der Waals surface area contributed by atoms with E-state index in [2.05, 4.69) is 6.07 Å². The quantitative estimate of drug-likeness (QED) is 0.576. The van der Waals surface area contributed by atoms with Gasteiger partial charge >= 0.3 is 0 Å². The van der Waals surface area contributed by atoms with Crippen LogP contribution in [0.5, 0.6) is 5.75 Å². The normalized spacial score (nSPS) is 12.9. The van der Waals surface area contributed by atoms with Crippen LogP contribution in [0.25, 0.3) is 6.08 Å². The first-order valence-electron chi connectivity index (χ1n) is 3.73. The Labute approximate surface area is 70.7 Å². The van der Waals surface area contributed by atoms with E-state index in [0.717, 1.165) is 11.3 Å². The Bertz CT molecular complexity index is 374. The van der Waals surface area contributed by atoms with Crippen LogP contribution >= 0.6 is 0 Å². The van der Waals surface area contributed by atoms with Gasteiger partial charge in [0.1, 0.15) is 12.4 Å². The average Bonchev–Trinajstić information content (AvgIpc) is 2.17. The van der Waals surface area contributed by atoms with E-state index >= 15 is 0 Å². The highest BCUT2D eigenvalue weighted by Crippen LogP contribution is 2.23. The van der Waals surface area contributed by atoms with Gasteiger partial charge in [-0.25, -0.2) is 0 Å². The van der Waals surface area contributed by atoms with Gasteiger partial charge in [-0.05, 0) is 24.3 Å². The van der Waals surface area contributed by atoms with E-state index in [1.165, 1.54) is 0 Å². The van der Waals surface area contributed by atoms with Gasteiger partial charge in [-0.1, -0.05) is 6.08 Å². The van der Waals surface area contributed by atoms with Gasteiger partial charge < -0.3 is 4.74 Å². The lowest BCUT2D eigenvalue weighted by Gasteiger charge is -2.11. The Morgan fingerprint density at radius 3 is 3.17 bits per heavy atom. The molecule has 1 aromatic rings. The smallest absolute Gasteiger partial charge is 0.127 e. The summed E-state index contributed by atoms with van der Waals surface area (Å²) in [5, 5.41) is 8.62. The van der Waals surface area contributed by atoms with Crippen molar-refractivity contribution in [3.05, 3.63) is 35.4 Å². The first-order valence-corrected chi connectivity index (χ1v) is 3.73. The fourth-order valence-electron chi connectivity index (χ4n) is 1.19. The monoisotopic (exact) mass is 157 g/mol. The Hall–Kier alpha value is -1.75. The largest absolute Gasteiger partial charge is 0.489 e. The fourth-order valence-corrected chi connectivity index (χ4v) is 1.19. The zero-order valence-corrected chi connectivity index (χ0v) is 6.45. The molecule has 12 heavy (non-hydrogen) atoms. The van der Waals surface area contributed by atoms with Crippen molar-refractivity contribution >= 4 is 6.08 Å². The van der Waals surface area contributed by atoms with Crippen LogP contribution in [-0.2, 0) is 0 Å². The van der Waals surface area contributed by atoms with Gasteiger partial charge in [0, 0.05) is 5.56 Å². The zero-order valence-electron chi connectivity index (χ0n) is 6.45.